The number of carbonyl (C=O) groups is 1. The van der Waals surface area contributed by atoms with Gasteiger partial charge < -0.3 is 10.1 Å². The molecule has 3 heteroatoms. The first-order valence-corrected chi connectivity index (χ1v) is 8.87. The Balaban J connectivity index is 1.92. The van der Waals surface area contributed by atoms with Gasteiger partial charge in [0.05, 0.1) is 6.04 Å². The maximum atomic E-state index is 12.2. The van der Waals surface area contributed by atoms with Crippen molar-refractivity contribution in [2.24, 2.45) is 0 Å². The lowest BCUT2D eigenvalue weighted by Gasteiger charge is -2.18. The first-order chi connectivity index (χ1) is 11.8. The molecular weight excluding hydrogens is 310 g/mol. The molecule has 25 heavy (non-hydrogen) atoms. The van der Waals surface area contributed by atoms with Crippen LogP contribution in [0.2, 0.25) is 0 Å². The summed E-state index contributed by atoms with van der Waals surface area (Å²) in [6.45, 7) is 12.6. The van der Waals surface area contributed by atoms with Gasteiger partial charge in [0.15, 0.2) is 6.61 Å². The summed E-state index contributed by atoms with van der Waals surface area (Å²) in [5, 5.41) is 3.02. The van der Waals surface area contributed by atoms with Gasteiger partial charge in [-0.1, -0.05) is 38.1 Å². The Kier molecular flexibility index (Phi) is 6.24. The summed E-state index contributed by atoms with van der Waals surface area (Å²) in [4.78, 5) is 12.2. The minimum Gasteiger partial charge on any atom is -0.484 e. The molecule has 3 nitrogen and oxygen atoms in total. The van der Waals surface area contributed by atoms with E-state index >= 15 is 0 Å². The van der Waals surface area contributed by atoms with Crippen LogP contribution in [-0.4, -0.2) is 12.5 Å². The molecule has 0 aliphatic heterocycles. The van der Waals surface area contributed by atoms with E-state index in [1.165, 1.54) is 22.3 Å². The van der Waals surface area contributed by atoms with Gasteiger partial charge in [0, 0.05) is 0 Å². The Hall–Kier alpha value is -2.29. The summed E-state index contributed by atoms with van der Waals surface area (Å²) in [5.74, 6) is 1.09. The molecular formula is C22H29NO2. The normalized spacial score (nSPS) is 12.1. The van der Waals surface area contributed by atoms with Crippen molar-refractivity contribution >= 4 is 5.91 Å². The lowest BCUT2D eigenvalue weighted by Crippen LogP contribution is -2.31. The number of rotatable bonds is 6. The minimum atomic E-state index is -0.113. The molecule has 1 amide bonds. The van der Waals surface area contributed by atoms with Crippen LogP contribution in [0.1, 0.15) is 60.5 Å². The van der Waals surface area contributed by atoms with Crippen LogP contribution < -0.4 is 10.1 Å². The zero-order chi connectivity index (χ0) is 18.6. The second-order valence-corrected chi connectivity index (χ2v) is 7.09. The van der Waals surface area contributed by atoms with Crippen LogP contribution in [0, 0.1) is 20.8 Å². The summed E-state index contributed by atoms with van der Waals surface area (Å²) >= 11 is 0. The standard InChI is InChI=1S/C22H29NO2/c1-14(2)19-7-9-20(10-8-19)25-13-22(24)23-18(6)21-12-16(4)15(3)11-17(21)5/h7-12,14,18H,13H2,1-6H3,(H,23,24)/t18-/m0/s1. The van der Waals surface area contributed by atoms with Gasteiger partial charge in [-0.3, -0.25) is 4.79 Å². The van der Waals surface area contributed by atoms with E-state index in [1.807, 2.05) is 31.2 Å². The first kappa shape index (κ1) is 19.0. The van der Waals surface area contributed by atoms with E-state index in [-0.39, 0.29) is 18.6 Å². The third-order valence-electron chi connectivity index (χ3n) is 4.64. The van der Waals surface area contributed by atoms with Crippen LogP contribution in [-0.2, 0) is 4.79 Å². The molecule has 0 aliphatic rings. The predicted molar refractivity (Wildman–Crippen MR) is 103 cm³/mol. The van der Waals surface area contributed by atoms with E-state index in [4.69, 9.17) is 4.74 Å². The van der Waals surface area contributed by atoms with Gasteiger partial charge in [0.2, 0.25) is 0 Å². The highest BCUT2D eigenvalue weighted by molar-refractivity contribution is 5.78. The molecule has 0 saturated heterocycles. The van der Waals surface area contributed by atoms with Gasteiger partial charge in [-0.15, -0.1) is 0 Å². The quantitative estimate of drug-likeness (QED) is 0.805. The first-order valence-electron chi connectivity index (χ1n) is 8.87. The summed E-state index contributed by atoms with van der Waals surface area (Å²) in [5.41, 5.74) is 6.12. The number of benzene rings is 2. The Morgan fingerprint density at radius 3 is 2.16 bits per heavy atom. The smallest absolute Gasteiger partial charge is 0.258 e. The fourth-order valence-electron chi connectivity index (χ4n) is 2.91. The van der Waals surface area contributed by atoms with E-state index in [0.717, 1.165) is 11.3 Å². The molecule has 0 radical (unpaired) electrons. The fraction of sp³-hybridized carbons (Fsp3) is 0.409. The molecule has 0 aromatic heterocycles. The summed E-state index contributed by atoms with van der Waals surface area (Å²) < 4.78 is 5.60. The Labute approximate surface area is 151 Å². The lowest BCUT2D eigenvalue weighted by atomic mass is 9.96. The zero-order valence-electron chi connectivity index (χ0n) is 16.1. The highest BCUT2D eigenvalue weighted by Crippen LogP contribution is 2.22. The molecule has 0 bridgehead atoms. The molecule has 0 unspecified atom stereocenters. The van der Waals surface area contributed by atoms with Gasteiger partial charge in [-0.05, 0) is 73.6 Å². The van der Waals surface area contributed by atoms with Gasteiger partial charge >= 0.3 is 0 Å². The van der Waals surface area contributed by atoms with Crippen molar-refractivity contribution in [2.75, 3.05) is 6.61 Å². The lowest BCUT2D eigenvalue weighted by molar-refractivity contribution is -0.123. The zero-order valence-corrected chi connectivity index (χ0v) is 16.1. The summed E-state index contributed by atoms with van der Waals surface area (Å²) in [6.07, 6.45) is 0. The van der Waals surface area contributed by atoms with Gasteiger partial charge in [0.25, 0.3) is 5.91 Å². The van der Waals surface area contributed by atoms with E-state index in [1.54, 1.807) is 0 Å². The molecule has 2 aromatic rings. The number of ether oxygens (including phenoxy) is 1. The average molecular weight is 339 g/mol. The van der Waals surface area contributed by atoms with Crippen molar-refractivity contribution in [3.05, 3.63) is 64.2 Å². The van der Waals surface area contributed by atoms with Crippen LogP contribution in [0.15, 0.2) is 36.4 Å². The Morgan fingerprint density at radius 1 is 0.960 bits per heavy atom. The number of hydrogen-bond donors (Lipinski definition) is 1. The molecule has 1 N–H and O–H groups in total. The minimum absolute atomic E-state index is 0.0231. The maximum Gasteiger partial charge on any atom is 0.258 e. The molecule has 1 atom stereocenters. The van der Waals surface area contributed by atoms with E-state index < -0.39 is 0 Å². The maximum absolute atomic E-state index is 12.2. The van der Waals surface area contributed by atoms with Gasteiger partial charge in [-0.2, -0.15) is 0 Å². The van der Waals surface area contributed by atoms with Crippen LogP contribution in [0.25, 0.3) is 0 Å². The monoisotopic (exact) mass is 339 g/mol. The highest BCUT2D eigenvalue weighted by atomic mass is 16.5. The highest BCUT2D eigenvalue weighted by Gasteiger charge is 2.13. The van der Waals surface area contributed by atoms with Crippen molar-refractivity contribution in [3.8, 4) is 5.75 Å². The van der Waals surface area contributed by atoms with Crippen molar-refractivity contribution in [1.82, 2.24) is 5.32 Å². The van der Waals surface area contributed by atoms with E-state index in [2.05, 4.69) is 52.1 Å². The number of carbonyl (C=O) groups excluding carboxylic acids is 1. The van der Waals surface area contributed by atoms with Crippen LogP contribution in [0.5, 0.6) is 5.75 Å². The third kappa shape index (κ3) is 5.09. The van der Waals surface area contributed by atoms with E-state index in [0.29, 0.717) is 5.92 Å². The molecule has 0 saturated carbocycles. The molecule has 2 rings (SSSR count). The largest absolute Gasteiger partial charge is 0.484 e. The molecule has 0 fully saturated rings. The average Bonchev–Trinajstić information content (AvgIpc) is 2.56. The van der Waals surface area contributed by atoms with Gasteiger partial charge in [0.1, 0.15) is 5.75 Å². The number of nitrogens with one attached hydrogen (secondary N) is 1. The van der Waals surface area contributed by atoms with E-state index in [9.17, 15) is 4.79 Å². The summed E-state index contributed by atoms with van der Waals surface area (Å²) in [6, 6.07) is 12.2. The molecule has 0 spiro atoms. The van der Waals surface area contributed by atoms with Crippen LogP contribution in [0.4, 0.5) is 0 Å². The van der Waals surface area contributed by atoms with Gasteiger partial charge in [-0.25, -0.2) is 0 Å². The number of amides is 1. The Bertz CT molecular complexity index is 732. The molecule has 2 aromatic carbocycles. The topological polar surface area (TPSA) is 38.3 Å². The summed E-state index contributed by atoms with van der Waals surface area (Å²) in [7, 11) is 0. The van der Waals surface area contributed by atoms with Crippen molar-refractivity contribution in [2.45, 2.75) is 53.5 Å². The SMILES string of the molecule is Cc1cc(C)c([C@H](C)NC(=O)COc2ccc(C(C)C)cc2)cc1C. The van der Waals surface area contributed by atoms with Crippen molar-refractivity contribution in [1.29, 1.82) is 0 Å². The van der Waals surface area contributed by atoms with Crippen LogP contribution >= 0.6 is 0 Å². The predicted octanol–water partition coefficient (Wildman–Crippen LogP) is 4.99. The molecule has 0 aliphatic carbocycles. The third-order valence-corrected chi connectivity index (χ3v) is 4.64. The number of aryl methyl sites for hydroxylation is 3. The second kappa shape index (κ2) is 8.19. The van der Waals surface area contributed by atoms with Crippen molar-refractivity contribution in [3.63, 3.8) is 0 Å². The molecule has 0 heterocycles. The fourth-order valence-corrected chi connectivity index (χ4v) is 2.91. The second-order valence-electron chi connectivity index (χ2n) is 7.09. The van der Waals surface area contributed by atoms with Crippen LogP contribution in [0.3, 0.4) is 0 Å². The van der Waals surface area contributed by atoms with Crippen molar-refractivity contribution < 1.29 is 9.53 Å². The number of hydrogen-bond acceptors (Lipinski definition) is 2. The molecule has 134 valence electrons. The Morgan fingerprint density at radius 2 is 1.56 bits per heavy atom.